The van der Waals surface area contributed by atoms with Gasteiger partial charge in [-0.2, -0.15) is 0 Å². The van der Waals surface area contributed by atoms with E-state index < -0.39 is 5.97 Å². The molecule has 1 rings (SSSR count). The monoisotopic (exact) mass is 239 g/mol. The zero-order valence-corrected chi connectivity index (χ0v) is 10.2. The summed E-state index contributed by atoms with van der Waals surface area (Å²) in [6.07, 6.45) is -0.311. The highest BCUT2D eigenvalue weighted by Gasteiger charge is 2.15. The molecular formula is C12H17NO4. The van der Waals surface area contributed by atoms with Gasteiger partial charge in [-0.05, 0) is 19.1 Å². The summed E-state index contributed by atoms with van der Waals surface area (Å²) < 4.78 is 15.0. The molecule has 1 aromatic carbocycles. The molecule has 0 aromatic heterocycles. The standard InChI is InChI=1S/C12H17NO4/c1-8(7-15-2)17-12(14)10-5-4-9(16-3)6-11(10)13/h4-6,8H,7,13H2,1-3H3. The van der Waals surface area contributed by atoms with E-state index in [1.807, 2.05) is 0 Å². The summed E-state index contributed by atoms with van der Waals surface area (Å²) in [5.74, 6) is 0.138. The highest BCUT2D eigenvalue weighted by molar-refractivity contribution is 5.95. The van der Waals surface area contributed by atoms with Crippen LogP contribution < -0.4 is 10.5 Å². The van der Waals surface area contributed by atoms with Crippen molar-refractivity contribution in [3.05, 3.63) is 23.8 Å². The normalized spacial score (nSPS) is 11.9. The molecule has 0 aliphatic carbocycles. The summed E-state index contributed by atoms with van der Waals surface area (Å²) in [6, 6.07) is 4.82. The lowest BCUT2D eigenvalue weighted by Gasteiger charge is -2.13. The predicted octanol–water partition coefficient (Wildman–Crippen LogP) is 1.47. The third kappa shape index (κ3) is 3.64. The summed E-state index contributed by atoms with van der Waals surface area (Å²) in [4.78, 5) is 11.8. The number of carbonyl (C=O) groups excluding carboxylic acids is 1. The Morgan fingerprint density at radius 1 is 1.41 bits per heavy atom. The van der Waals surface area contributed by atoms with Crippen LogP contribution in [0.5, 0.6) is 5.75 Å². The number of rotatable bonds is 5. The van der Waals surface area contributed by atoms with Crippen molar-refractivity contribution >= 4 is 11.7 Å². The van der Waals surface area contributed by atoms with Gasteiger partial charge in [-0.3, -0.25) is 0 Å². The summed E-state index contributed by atoms with van der Waals surface area (Å²) in [5, 5.41) is 0. The second kappa shape index (κ2) is 6.10. The van der Waals surface area contributed by atoms with E-state index in [2.05, 4.69) is 0 Å². The number of methoxy groups -OCH3 is 2. The second-order valence-corrected chi connectivity index (χ2v) is 3.62. The predicted molar refractivity (Wildman–Crippen MR) is 64.2 cm³/mol. The molecule has 17 heavy (non-hydrogen) atoms. The molecule has 94 valence electrons. The molecule has 5 heteroatoms. The Labute approximate surface area is 100 Å². The van der Waals surface area contributed by atoms with Crippen molar-refractivity contribution < 1.29 is 19.0 Å². The molecule has 0 heterocycles. The number of esters is 1. The fraction of sp³-hybridized carbons (Fsp3) is 0.417. The van der Waals surface area contributed by atoms with Crippen molar-refractivity contribution in [1.29, 1.82) is 0 Å². The van der Waals surface area contributed by atoms with Crippen molar-refractivity contribution in [2.75, 3.05) is 26.6 Å². The van der Waals surface area contributed by atoms with Gasteiger partial charge in [-0.1, -0.05) is 0 Å². The van der Waals surface area contributed by atoms with Crippen LogP contribution in [-0.4, -0.2) is 32.9 Å². The maximum atomic E-state index is 11.8. The number of carbonyl (C=O) groups is 1. The zero-order valence-electron chi connectivity index (χ0n) is 10.2. The van der Waals surface area contributed by atoms with Gasteiger partial charge < -0.3 is 19.9 Å². The van der Waals surface area contributed by atoms with E-state index in [0.29, 0.717) is 23.6 Å². The first-order valence-corrected chi connectivity index (χ1v) is 5.22. The maximum absolute atomic E-state index is 11.8. The third-order valence-electron chi connectivity index (χ3n) is 2.19. The average molecular weight is 239 g/mol. The Hall–Kier alpha value is -1.75. The largest absolute Gasteiger partial charge is 0.497 e. The third-order valence-corrected chi connectivity index (χ3v) is 2.19. The van der Waals surface area contributed by atoms with Crippen LogP contribution in [0.2, 0.25) is 0 Å². The molecular weight excluding hydrogens is 222 g/mol. The molecule has 1 atom stereocenters. The van der Waals surface area contributed by atoms with Crippen LogP contribution in [-0.2, 0) is 9.47 Å². The molecule has 0 saturated heterocycles. The van der Waals surface area contributed by atoms with Crippen LogP contribution >= 0.6 is 0 Å². The fourth-order valence-electron chi connectivity index (χ4n) is 1.37. The number of ether oxygens (including phenoxy) is 3. The van der Waals surface area contributed by atoms with Crippen molar-refractivity contribution in [1.82, 2.24) is 0 Å². The number of anilines is 1. The number of benzene rings is 1. The smallest absolute Gasteiger partial charge is 0.340 e. The van der Waals surface area contributed by atoms with Gasteiger partial charge in [0.15, 0.2) is 0 Å². The molecule has 0 bridgehead atoms. The molecule has 0 amide bonds. The fourth-order valence-corrected chi connectivity index (χ4v) is 1.37. The summed E-state index contributed by atoms with van der Waals surface area (Å²) in [6.45, 7) is 2.10. The number of nitrogens with two attached hydrogens (primary N) is 1. The number of nitrogen functional groups attached to an aromatic ring is 1. The van der Waals surface area contributed by atoms with Gasteiger partial charge in [0.05, 0.1) is 19.3 Å². The quantitative estimate of drug-likeness (QED) is 0.622. The van der Waals surface area contributed by atoms with Crippen LogP contribution in [0.15, 0.2) is 18.2 Å². The Morgan fingerprint density at radius 3 is 2.65 bits per heavy atom. The van der Waals surface area contributed by atoms with Gasteiger partial charge in [-0.25, -0.2) is 4.79 Å². The highest BCUT2D eigenvalue weighted by atomic mass is 16.6. The lowest BCUT2D eigenvalue weighted by molar-refractivity contribution is 0.0121. The van der Waals surface area contributed by atoms with E-state index in [4.69, 9.17) is 19.9 Å². The van der Waals surface area contributed by atoms with Crippen LogP contribution in [0.25, 0.3) is 0 Å². The average Bonchev–Trinajstić information content (AvgIpc) is 2.28. The van der Waals surface area contributed by atoms with Crippen molar-refractivity contribution in [2.24, 2.45) is 0 Å². The van der Waals surface area contributed by atoms with Crippen molar-refractivity contribution in [3.63, 3.8) is 0 Å². The van der Waals surface area contributed by atoms with E-state index in [0.717, 1.165) is 0 Å². The minimum Gasteiger partial charge on any atom is -0.497 e. The van der Waals surface area contributed by atoms with E-state index in [1.54, 1.807) is 32.2 Å². The van der Waals surface area contributed by atoms with Crippen molar-refractivity contribution in [3.8, 4) is 5.75 Å². The molecule has 0 radical (unpaired) electrons. The SMILES string of the molecule is COCC(C)OC(=O)c1ccc(OC)cc1N. The Morgan fingerprint density at radius 2 is 2.12 bits per heavy atom. The minimum atomic E-state index is -0.463. The minimum absolute atomic E-state index is 0.311. The molecule has 1 aromatic rings. The van der Waals surface area contributed by atoms with Gasteiger partial charge in [0, 0.05) is 18.9 Å². The zero-order chi connectivity index (χ0) is 12.8. The van der Waals surface area contributed by atoms with Crippen molar-refractivity contribution in [2.45, 2.75) is 13.0 Å². The first-order chi connectivity index (χ1) is 8.08. The molecule has 0 saturated carbocycles. The Bertz CT molecular complexity index is 392. The van der Waals surface area contributed by atoms with E-state index >= 15 is 0 Å². The Balaban J connectivity index is 2.75. The van der Waals surface area contributed by atoms with Gasteiger partial charge in [0.25, 0.3) is 0 Å². The number of hydrogen-bond acceptors (Lipinski definition) is 5. The van der Waals surface area contributed by atoms with Gasteiger partial charge in [-0.15, -0.1) is 0 Å². The van der Waals surface area contributed by atoms with Crippen LogP contribution in [0.1, 0.15) is 17.3 Å². The maximum Gasteiger partial charge on any atom is 0.340 e. The van der Waals surface area contributed by atoms with Crippen LogP contribution in [0.3, 0.4) is 0 Å². The molecule has 0 aliphatic heterocycles. The second-order valence-electron chi connectivity index (χ2n) is 3.62. The molecule has 0 fully saturated rings. The first-order valence-electron chi connectivity index (χ1n) is 5.22. The molecule has 0 aliphatic rings. The van der Waals surface area contributed by atoms with E-state index in [9.17, 15) is 4.79 Å². The lowest BCUT2D eigenvalue weighted by Crippen LogP contribution is -2.20. The number of hydrogen-bond donors (Lipinski definition) is 1. The van der Waals surface area contributed by atoms with E-state index in [-0.39, 0.29) is 6.10 Å². The molecule has 1 unspecified atom stereocenters. The Kier molecular flexibility index (Phi) is 4.78. The van der Waals surface area contributed by atoms with Crippen LogP contribution in [0, 0.1) is 0 Å². The molecule has 5 nitrogen and oxygen atoms in total. The summed E-state index contributed by atoms with van der Waals surface area (Å²) in [5.41, 5.74) is 6.40. The van der Waals surface area contributed by atoms with Crippen LogP contribution in [0.4, 0.5) is 5.69 Å². The highest BCUT2D eigenvalue weighted by Crippen LogP contribution is 2.20. The van der Waals surface area contributed by atoms with Gasteiger partial charge in [0.2, 0.25) is 0 Å². The van der Waals surface area contributed by atoms with Gasteiger partial charge in [0.1, 0.15) is 11.9 Å². The molecule has 2 N–H and O–H groups in total. The lowest BCUT2D eigenvalue weighted by atomic mass is 10.2. The first kappa shape index (κ1) is 13.3. The summed E-state index contributed by atoms with van der Waals surface area (Å²) >= 11 is 0. The summed E-state index contributed by atoms with van der Waals surface area (Å²) in [7, 11) is 3.08. The molecule has 0 spiro atoms. The van der Waals surface area contributed by atoms with E-state index in [1.165, 1.54) is 7.11 Å². The topological polar surface area (TPSA) is 70.8 Å². The van der Waals surface area contributed by atoms with Gasteiger partial charge >= 0.3 is 5.97 Å².